The number of likely N-dealkylation sites (tertiary alicyclic amines) is 1. The lowest BCUT2D eigenvalue weighted by atomic mass is 9.94. The van der Waals surface area contributed by atoms with Crippen molar-refractivity contribution >= 4 is 17.4 Å². The molecule has 2 aromatic rings. The highest BCUT2D eigenvalue weighted by Gasteiger charge is 2.46. The second-order valence-electron chi connectivity index (χ2n) is 10.1. The number of aliphatic hydroxyl groups excluding tert-OH is 1. The number of rotatable bonds is 12. The van der Waals surface area contributed by atoms with Gasteiger partial charge in [-0.3, -0.25) is 14.5 Å². The van der Waals surface area contributed by atoms with E-state index in [9.17, 15) is 19.8 Å². The monoisotopic (exact) mass is 552 g/mol. The molecule has 40 heavy (non-hydrogen) atoms. The second-order valence-corrected chi connectivity index (χ2v) is 10.1. The molecule has 2 saturated heterocycles. The maximum atomic E-state index is 13.4. The fraction of sp³-hybridized carbons (Fsp3) is 0.484. The number of hydrogen-bond acceptors (Lipinski definition) is 8. The molecule has 0 bridgehead atoms. The molecule has 0 aliphatic carbocycles. The Morgan fingerprint density at radius 2 is 1.77 bits per heavy atom. The molecule has 0 radical (unpaired) electrons. The van der Waals surface area contributed by atoms with Gasteiger partial charge in [0.1, 0.15) is 11.5 Å². The van der Waals surface area contributed by atoms with Crippen molar-refractivity contribution in [1.29, 1.82) is 0 Å². The van der Waals surface area contributed by atoms with Crippen molar-refractivity contribution in [1.82, 2.24) is 9.80 Å². The lowest BCUT2D eigenvalue weighted by molar-refractivity contribution is -0.140. The van der Waals surface area contributed by atoms with Crippen LogP contribution in [0.25, 0.3) is 5.76 Å². The van der Waals surface area contributed by atoms with Gasteiger partial charge in [-0.1, -0.05) is 19.4 Å². The molecule has 216 valence electrons. The summed E-state index contributed by atoms with van der Waals surface area (Å²) in [6, 6.07) is 9.20. The predicted octanol–water partition coefficient (Wildman–Crippen LogP) is 4.42. The first-order valence-electron chi connectivity index (χ1n) is 14.1. The number of aromatic hydroxyl groups is 1. The van der Waals surface area contributed by atoms with Gasteiger partial charge in [0.25, 0.3) is 11.7 Å². The summed E-state index contributed by atoms with van der Waals surface area (Å²) in [4.78, 5) is 30.6. The summed E-state index contributed by atoms with van der Waals surface area (Å²) in [5.74, 6) is -0.706. The molecular weight excluding hydrogens is 512 g/mol. The Labute approximate surface area is 235 Å². The largest absolute Gasteiger partial charge is 0.507 e. The zero-order valence-electron chi connectivity index (χ0n) is 23.6. The Balaban J connectivity index is 1.69. The number of aryl methyl sites for hydroxylation is 1. The molecule has 2 heterocycles. The fourth-order valence-electron chi connectivity index (χ4n) is 5.16. The van der Waals surface area contributed by atoms with Gasteiger partial charge >= 0.3 is 0 Å². The second kappa shape index (κ2) is 13.7. The summed E-state index contributed by atoms with van der Waals surface area (Å²) in [5.41, 5.74) is 1.84. The molecule has 1 atom stereocenters. The van der Waals surface area contributed by atoms with E-state index >= 15 is 0 Å². The van der Waals surface area contributed by atoms with Crippen LogP contribution >= 0.6 is 0 Å². The van der Waals surface area contributed by atoms with Gasteiger partial charge in [0.2, 0.25) is 0 Å². The van der Waals surface area contributed by atoms with Gasteiger partial charge in [-0.05, 0) is 68.1 Å². The van der Waals surface area contributed by atoms with Gasteiger partial charge in [-0.15, -0.1) is 0 Å². The highest BCUT2D eigenvalue weighted by atomic mass is 16.5. The van der Waals surface area contributed by atoms with E-state index in [2.05, 4.69) is 11.8 Å². The standard InChI is InChI=1S/C31H40N2O7/c1-4-6-16-40-25-11-9-23(19-21(25)3)29(35)27-28(22-8-10-24(34)26(20-22)39-5-2)33(31(37)30(27)36)13-7-12-32-14-17-38-18-15-32/h8-11,19-20,28,34-35H,4-7,12-18H2,1-3H3/t28-/m1/s1. The van der Waals surface area contributed by atoms with E-state index in [0.717, 1.165) is 38.0 Å². The Kier molecular flexibility index (Phi) is 10.1. The number of morpholine rings is 1. The summed E-state index contributed by atoms with van der Waals surface area (Å²) in [7, 11) is 0. The molecule has 4 rings (SSSR count). The summed E-state index contributed by atoms with van der Waals surface area (Å²) in [6.45, 7) is 10.8. The van der Waals surface area contributed by atoms with Gasteiger partial charge in [0.05, 0.1) is 38.0 Å². The minimum Gasteiger partial charge on any atom is -0.507 e. The number of carbonyl (C=O) groups excluding carboxylic acids is 2. The molecular formula is C31H40N2O7. The molecule has 0 unspecified atom stereocenters. The molecule has 2 N–H and O–H groups in total. The molecule has 2 fully saturated rings. The molecule has 1 amide bonds. The van der Waals surface area contributed by atoms with Crippen molar-refractivity contribution in [2.75, 3.05) is 52.6 Å². The van der Waals surface area contributed by atoms with E-state index in [0.29, 0.717) is 56.3 Å². The molecule has 2 aliphatic heterocycles. The summed E-state index contributed by atoms with van der Waals surface area (Å²) in [6.07, 6.45) is 2.61. The third-order valence-corrected chi connectivity index (χ3v) is 7.32. The van der Waals surface area contributed by atoms with Gasteiger partial charge in [0, 0.05) is 31.7 Å². The van der Waals surface area contributed by atoms with Crippen molar-refractivity contribution in [3.05, 3.63) is 58.7 Å². The van der Waals surface area contributed by atoms with Crippen molar-refractivity contribution in [3.8, 4) is 17.2 Å². The Hall–Kier alpha value is -3.56. The number of benzene rings is 2. The van der Waals surface area contributed by atoms with Crippen molar-refractivity contribution in [2.24, 2.45) is 0 Å². The topological polar surface area (TPSA) is 109 Å². The van der Waals surface area contributed by atoms with E-state index < -0.39 is 17.7 Å². The summed E-state index contributed by atoms with van der Waals surface area (Å²) in [5, 5.41) is 21.8. The van der Waals surface area contributed by atoms with E-state index in [1.54, 1.807) is 30.3 Å². The quantitative estimate of drug-likeness (QED) is 0.172. The van der Waals surface area contributed by atoms with Gasteiger partial charge in [-0.25, -0.2) is 0 Å². The zero-order chi connectivity index (χ0) is 28.6. The highest BCUT2D eigenvalue weighted by molar-refractivity contribution is 6.46. The number of unbranched alkanes of at least 4 members (excludes halogenated alkanes) is 1. The smallest absolute Gasteiger partial charge is 0.295 e. The van der Waals surface area contributed by atoms with Crippen LogP contribution in [0.5, 0.6) is 17.2 Å². The molecule has 2 aromatic carbocycles. The minimum absolute atomic E-state index is 0.0172. The summed E-state index contributed by atoms with van der Waals surface area (Å²) < 4.78 is 16.9. The maximum absolute atomic E-state index is 13.4. The first-order valence-corrected chi connectivity index (χ1v) is 14.1. The third-order valence-electron chi connectivity index (χ3n) is 7.32. The normalized spacial score (nSPS) is 19.3. The Morgan fingerprint density at radius 1 is 1.00 bits per heavy atom. The first-order chi connectivity index (χ1) is 19.3. The van der Waals surface area contributed by atoms with Crippen LogP contribution in [0.15, 0.2) is 42.0 Å². The van der Waals surface area contributed by atoms with Crippen LogP contribution in [0.3, 0.4) is 0 Å². The number of amides is 1. The predicted molar refractivity (Wildman–Crippen MR) is 152 cm³/mol. The van der Waals surface area contributed by atoms with Gasteiger partial charge in [0.15, 0.2) is 11.5 Å². The van der Waals surface area contributed by atoms with Gasteiger partial charge in [-0.2, -0.15) is 0 Å². The van der Waals surface area contributed by atoms with Crippen LogP contribution in [0.2, 0.25) is 0 Å². The fourth-order valence-corrected chi connectivity index (χ4v) is 5.16. The number of ketones is 1. The number of hydrogen-bond donors (Lipinski definition) is 2. The number of Topliss-reactive ketones (excluding diaryl/α,β-unsaturated/α-hetero) is 1. The van der Waals surface area contributed by atoms with E-state index in [-0.39, 0.29) is 22.8 Å². The molecule has 9 nitrogen and oxygen atoms in total. The average molecular weight is 553 g/mol. The number of aliphatic hydroxyl groups is 1. The molecule has 0 aromatic heterocycles. The molecule has 2 aliphatic rings. The average Bonchev–Trinajstić information content (AvgIpc) is 3.20. The lowest BCUT2D eigenvalue weighted by Crippen LogP contribution is -2.38. The van der Waals surface area contributed by atoms with Crippen LogP contribution in [0, 0.1) is 6.92 Å². The van der Waals surface area contributed by atoms with Crippen molar-refractivity contribution in [3.63, 3.8) is 0 Å². The maximum Gasteiger partial charge on any atom is 0.295 e. The Morgan fingerprint density at radius 3 is 2.48 bits per heavy atom. The highest BCUT2D eigenvalue weighted by Crippen LogP contribution is 2.42. The van der Waals surface area contributed by atoms with Crippen LogP contribution in [0.4, 0.5) is 0 Å². The zero-order valence-corrected chi connectivity index (χ0v) is 23.6. The van der Waals surface area contributed by atoms with E-state index in [1.807, 2.05) is 13.8 Å². The number of ether oxygens (including phenoxy) is 3. The molecule has 9 heteroatoms. The lowest BCUT2D eigenvalue weighted by Gasteiger charge is -2.29. The SMILES string of the molecule is CCCCOc1ccc(C(O)=C2C(=O)C(=O)N(CCCN3CCOCC3)[C@@H]2c2ccc(O)c(OCC)c2)cc1C. The first kappa shape index (κ1) is 29.4. The number of phenolic OH excluding ortho intramolecular Hbond substituents is 1. The van der Waals surface area contributed by atoms with Crippen LogP contribution < -0.4 is 9.47 Å². The number of phenols is 1. The van der Waals surface area contributed by atoms with E-state index in [1.165, 1.54) is 11.0 Å². The van der Waals surface area contributed by atoms with Crippen molar-refractivity contribution in [2.45, 2.75) is 46.1 Å². The number of carbonyl (C=O) groups is 2. The van der Waals surface area contributed by atoms with Crippen molar-refractivity contribution < 1.29 is 34.0 Å². The minimum atomic E-state index is -0.828. The molecule has 0 spiro atoms. The van der Waals surface area contributed by atoms with E-state index in [4.69, 9.17) is 14.2 Å². The van der Waals surface area contributed by atoms with Crippen LogP contribution in [-0.2, 0) is 14.3 Å². The molecule has 0 saturated carbocycles. The van der Waals surface area contributed by atoms with Gasteiger partial charge < -0.3 is 29.3 Å². The summed E-state index contributed by atoms with van der Waals surface area (Å²) >= 11 is 0. The number of nitrogens with zero attached hydrogens (tertiary/aromatic N) is 2. The Bertz CT molecular complexity index is 1240. The van der Waals surface area contributed by atoms with Crippen LogP contribution in [0.1, 0.15) is 55.8 Å². The third kappa shape index (κ3) is 6.59. The van der Waals surface area contributed by atoms with Crippen LogP contribution in [-0.4, -0.2) is 84.3 Å².